The molecule has 1 aromatic carbocycles. The summed E-state index contributed by atoms with van der Waals surface area (Å²) >= 11 is 5.63. The maximum Gasteiger partial charge on any atom is 0.151 e. The van der Waals surface area contributed by atoms with E-state index in [0.29, 0.717) is 13.0 Å². The summed E-state index contributed by atoms with van der Waals surface area (Å²) < 4.78 is 36.6. The number of hydrogen-bond acceptors (Lipinski definition) is 3. The standard InChI is InChI=1S/C13H19ClFNO2S/c1-4-16-13(9(2)19(3,17)18)8-10-5-6-11(14)12(15)7-10/h5-7,9,13,16H,4,8H2,1-3H3. The third kappa shape index (κ3) is 4.75. The van der Waals surface area contributed by atoms with E-state index in [1.165, 1.54) is 18.4 Å². The molecule has 1 N–H and O–H groups in total. The SMILES string of the molecule is CCNC(Cc1ccc(Cl)c(F)c1)C(C)S(C)(=O)=O. The van der Waals surface area contributed by atoms with Crippen molar-refractivity contribution in [1.29, 1.82) is 0 Å². The van der Waals surface area contributed by atoms with Crippen LogP contribution in [-0.4, -0.2) is 32.5 Å². The van der Waals surface area contributed by atoms with Crippen molar-refractivity contribution in [3.05, 3.63) is 34.6 Å². The molecule has 0 radical (unpaired) electrons. The molecule has 2 unspecified atom stereocenters. The van der Waals surface area contributed by atoms with Crippen LogP contribution in [0, 0.1) is 5.82 Å². The number of likely N-dealkylation sites (N-methyl/N-ethyl adjacent to an activating group) is 1. The van der Waals surface area contributed by atoms with E-state index in [1.807, 2.05) is 6.92 Å². The fourth-order valence-electron chi connectivity index (χ4n) is 1.89. The Kier molecular flexibility index (Phi) is 5.77. The van der Waals surface area contributed by atoms with Crippen molar-refractivity contribution in [1.82, 2.24) is 5.32 Å². The van der Waals surface area contributed by atoms with Crippen LogP contribution in [0.15, 0.2) is 18.2 Å². The first-order chi connectivity index (χ1) is 8.75. The van der Waals surface area contributed by atoms with Crippen LogP contribution in [0.5, 0.6) is 0 Å². The molecule has 1 aromatic rings. The largest absolute Gasteiger partial charge is 0.313 e. The van der Waals surface area contributed by atoms with Gasteiger partial charge in [-0.3, -0.25) is 0 Å². The highest BCUT2D eigenvalue weighted by atomic mass is 35.5. The molecule has 108 valence electrons. The van der Waals surface area contributed by atoms with Gasteiger partial charge in [-0.25, -0.2) is 12.8 Å². The second-order valence-electron chi connectivity index (χ2n) is 4.65. The smallest absolute Gasteiger partial charge is 0.151 e. The van der Waals surface area contributed by atoms with Crippen molar-refractivity contribution >= 4 is 21.4 Å². The molecule has 1 rings (SSSR count). The summed E-state index contributed by atoms with van der Waals surface area (Å²) in [5.41, 5.74) is 0.725. The van der Waals surface area contributed by atoms with Gasteiger partial charge in [0.1, 0.15) is 5.82 Å². The van der Waals surface area contributed by atoms with Gasteiger partial charge >= 0.3 is 0 Å². The average molecular weight is 308 g/mol. The van der Waals surface area contributed by atoms with E-state index >= 15 is 0 Å². The number of rotatable bonds is 6. The fraction of sp³-hybridized carbons (Fsp3) is 0.538. The molecule has 19 heavy (non-hydrogen) atoms. The lowest BCUT2D eigenvalue weighted by molar-refractivity contribution is 0.493. The lowest BCUT2D eigenvalue weighted by Crippen LogP contribution is -2.43. The lowest BCUT2D eigenvalue weighted by Gasteiger charge is -2.23. The predicted molar refractivity (Wildman–Crippen MR) is 76.9 cm³/mol. The second kappa shape index (κ2) is 6.68. The third-order valence-electron chi connectivity index (χ3n) is 3.15. The van der Waals surface area contributed by atoms with Crippen LogP contribution in [0.4, 0.5) is 4.39 Å². The Balaban J connectivity index is 2.92. The Morgan fingerprint density at radius 2 is 2.05 bits per heavy atom. The van der Waals surface area contributed by atoms with Gasteiger partial charge in [0.2, 0.25) is 0 Å². The maximum absolute atomic E-state index is 13.4. The van der Waals surface area contributed by atoms with E-state index in [-0.39, 0.29) is 11.1 Å². The van der Waals surface area contributed by atoms with Crippen molar-refractivity contribution in [3.8, 4) is 0 Å². The quantitative estimate of drug-likeness (QED) is 0.878. The predicted octanol–water partition coefficient (Wildman–Crippen LogP) is 2.43. The minimum Gasteiger partial charge on any atom is -0.313 e. The van der Waals surface area contributed by atoms with Gasteiger partial charge < -0.3 is 5.32 Å². The highest BCUT2D eigenvalue weighted by Crippen LogP contribution is 2.18. The molecule has 0 saturated heterocycles. The third-order valence-corrected chi connectivity index (χ3v) is 5.13. The molecule has 0 aliphatic carbocycles. The summed E-state index contributed by atoms with van der Waals surface area (Å²) in [6, 6.07) is 4.30. The summed E-state index contributed by atoms with van der Waals surface area (Å²) in [5.74, 6) is -0.485. The zero-order valence-corrected chi connectivity index (χ0v) is 12.9. The molecule has 3 nitrogen and oxygen atoms in total. The van der Waals surface area contributed by atoms with Crippen LogP contribution in [0.25, 0.3) is 0 Å². The van der Waals surface area contributed by atoms with Crippen molar-refractivity contribution in [2.45, 2.75) is 31.6 Å². The van der Waals surface area contributed by atoms with Crippen LogP contribution in [0.1, 0.15) is 19.4 Å². The number of sulfone groups is 1. The topological polar surface area (TPSA) is 46.2 Å². The molecule has 0 saturated carbocycles. The summed E-state index contributed by atoms with van der Waals surface area (Å²) in [6.07, 6.45) is 1.65. The van der Waals surface area contributed by atoms with E-state index in [9.17, 15) is 12.8 Å². The van der Waals surface area contributed by atoms with E-state index < -0.39 is 20.9 Å². The maximum atomic E-state index is 13.4. The second-order valence-corrected chi connectivity index (χ2v) is 7.46. The molecule has 0 heterocycles. The molecule has 2 atom stereocenters. The van der Waals surface area contributed by atoms with Crippen molar-refractivity contribution in [2.75, 3.05) is 12.8 Å². The molecule has 0 amide bonds. The Morgan fingerprint density at radius 3 is 2.53 bits per heavy atom. The molecule has 0 bridgehead atoms. The van der Waals surface area contributed by atoms with E-state index in [1.54, 1.807) is 13.0 Å². The van der Waals surface area contributed by atoms with Crippen molar-refractivity contribution in [3.63, 3.8) is 0 Å². The Hall–Kier alpha value is -0.650. The van der Waals surface area contributed by atoms with Gasteiger partial charge in [0.25, 0.3) is 0 Å². The molecule has 0 aliphatic rings. The minimum atomic E-state index is -3.14. The summed E-state index contributed by atoms with van der Waals surface area (Å²) in [7, 11) is -3.14. The molecule has 0 fully saturated rings. The Morgan fingerprint density at radius 1 is 1.42 bits per heavy atom. The van der Waals surface area contributed by atoms with Crippen molar-refractivity contribution in [2.24, 2.45) is 0 Å². The minimum absolute atomic E-state index is 0.0694. The van der Waals surface area contributed by atoms with Crippen LogP contribution < -0.4 is 5.32 Å². The molecule has 0 spiro atoms. The lowest BCUT2D eigenvalue weighted by atomic mass is 10.0. The van der Waals surface area contributed by atoms with Gasteiger partial charge in [0.15, 0.2) is 9.84 Å². The van der Waals surface area contributed by atoms with Gasteiger partial charge in [-0.2, -0.15) is 0 Å². The normalized spacial score (nSPS) is 15.2. The fourth-order valence-corrected chi connectivity index (χ4v) is 2.79. The first-order valence-corrected chi connectivity index (χ1v) is 8.45. The first kappa shape index (κ1) is 16.4. The van der Waals surface area contributed by atoms with Gasteiger partial charge in [0, 0.05) is 12.3 Å². The van der Waals surface area contributed by atoms with Gasteiger partial charge in [-0.1, -0.05) is 24.6 Å². The highest BCUT2D eigenvalue weighted by Gasteiger charge is 2.25. The monoisotopic (exact) mass is 307 g/mol. The summed E-state index contributed by atoms with van der Waals surface area (Å²) in [5, 5.41) is 2.67. The average Bonchev–Trinajstić information content (AvgIpc) is 2.31. The van der Waals surface area contributed by atoms with Crippen LogP contribution in [0.3, 0.4) is 0 Å². The van der Waals surface area contributed by atoms with Gasteiger partial charge in [0.05, 0.1) is 10.3 Å². The van der Waals surface area contributed by atoms with Gasteiger partial charge in [-0.15, -0.1) is 0 Å². The van der Waals surface area contributed by atoms with Gasteiger partial charge in [-0.05, 0) is 37.6 Å². The molecular weight excluding hydrogens is 289 g/mol. The zero-order chi connectivity index (χ0) is 14.6. The number of hydrogen-bond donors (Lipinski definition) is 1. The van der Waals surface area contributed by atoms with E-state index in [0.717, 1.165) is 5.56 Å². The number of nitrogens with one attached hydrogen (secondary N) is 1. The Bertz CT molecular complexity index is 533. The number of halogens is 2. The van der Waals surface area contributed by atoms with Crippen LogP contribution in [0.2, 0.25) is 5.02 Å². The molecule has 0 aromatic heterocycles. The summed E-state index contributed by atoms with van der Waals surface area (Å²) in [6.45, 7) is 4.22. The summed E-state index contributed by atoms with van der Waals surface area (Å²) in [4.78, 5) is 0. The van der Waals surface area contributed by atoms with Crippen LogP contribution in [-0.2, 0) is 16.3 Å². The van der Waals surface area contributed by atoms with E-state index in [2.05, 4.69) is 5.32 Å². The Labute approximate surface area is 119 Å². The zero-order valence-electron chi connectivity index (χ0n) is 11.3. The van der Waals surface area contributed by atoms with E-state index in [4.69, 9.17) is 11.6 Å². The van der Waals surface area contributed by atoms with Crippen LogP contribution >= 0.6 is 11.6 Å². The molecule has 6 heteroatoms. The first-order valence-electron chi connectivity index (χ1n) is 6.12. The van der Waals surface area contributed by atoms with Crippen molar-refractivity contribution < 1.29 is 12.8 Å². The highest BCUT2D eigenvalue weighted by molar-refractivity contribution is 7.91. The number of benzene rings is 1. The molecule has 0 aliphatic heterocycles. The molecular formula is C13H19ClFNO2S.